The average Bonchev–Trinajstić information content (AvgIpc) is 3.36. The molecule has 0 fully saturated rings. The highest BCUT2D eigenvalue weighted by Crippen LogP contribution is 2.32. The fraction of sp³-hybridized carbons (Fsp3) is 0.227. The Kier molecular flexibility index (Phi) is 5.44. The second kappa shape index (κ2) is 8.04. The second-order valence-electron chi connectivity index (χ2n) is 7.07. The van der Waals surface area contributed by atoms with Crippen LogP contribution in [0.5, 0.6) is 0 Å². The second-order valence-corrected chi connectivity index (χ2v) is 9.06. The first-order valence-electron chi connectivity index (χ1n) is 9.32. The molecule has 8 heteroatoms. The van der Waals surface area contributed by atoms with Crippen LogP contribution < -0.4 is 19.8 Å². The summed E-state index contributed by atoms with van der Waals surface area (Å²) in [5.41, 5.74) is 2.83. The summed E-state index contributed by atoms with van der Waals surface area (Å²) in [6, 6.07) is 11.3. The van der Waals surface area contributed by atoms with Gasteiger partial charge in [0.25, 0.3) is 5.56 Å². The molecule has 0 bridgehead atoms. The molecule has 1 aromatic carbocycles. The van der Waals surface area contributed by atoms with Crippen molar-refractivity contribution in [3.05, 3.63) is 83.2 Å². The number of carbonyl (C=O) groups excluding carboxylic acids is 1. The number of rotatable bonds is 4. The zero-order valence-corrected chi connectivity index (χ0v) is 18.7. The molecule has 0 spiro atoms. The van der Waals surface area contributed by atoms with Crippen molar-refractivity contribution >= 4 is 40.4 Å². The van der Waals surface area contributed by atoms with Gasteiger partial charge in [-0.2, -0.15) is 0 Å². The first-order valence-corrected chi connectivity index (χ1v) is 11.0. The number of fused-ring (bicyclic) bond motifs is 1. The molecule has 6 nitrogen and oxygen atoms in total. The Bertz CT molecular complexity index is 1300. The molecule has 0 radical (unpaired) electrons. The molecule has 2 aromatic heterocycles. The molecular formula is C22H21N3O3S2. The molecule has 0 aliphatic carbocycles. The fourth-order valence-corrected chi connectivity index (χ4v) is 5.30. The van der Waals surface area contributed by atoms with Crippen molar-refractivity contribution in [3.8, 4) is 0 Å². The SMILES string of the molecule is COC(=O)C1=C(C)N=c2s/c(=C\c3ccc(N(C)C)cc3)c(=O)n2[C@H]1c1cccs1. The van der Waals surface area contributed by atoms with E-state index in [1.807, 2.05) is 66.8 Å². The van der Waals surface area contributed by atoms with Gasteiger partial charge in [0.05, 0.1) is 22.9 Å². The Hall–Kier alpha value is -2.97. The van der Waals surface area contributed by atoms with Crippen LogP contribution in [-0.4, -0.2) is 31.7 Å². The number of allylic oxidation sites excluding steroid dienone is 1. The van der Waals surface area contributed by atoms with Crippen LogP contribution in [0.15, 0.2) is 62.8 Å². The number of esters is 1. The van der Waals surface area contributed by atoms with Gasteiger partial charge in [0.15, 0.2) is 4.80 Å². The third-order valence-electron chi connectivity index (χ3n) is 4.95. The number of hydrogen-bond donors (Lipinski definition) is 0. The highest BCUT2D eigenvalue weighted by atomic mass is 32.1. The quantitative estimate of drug-likeness (QED) is 0.586. The normalized spacial score (nSPS) is 16.3. The summed E-state index contributed by atoms with van der Waals surface area (Å²) in [5.74, 6) is -0.469. The zero-order valence-electron chi connectivity index (χ0n) is 17.1. The highest BCUT2D eigenvalue weighted by Gasteiger charge is 2.33. The van der Waals surface area contributed by atoms with Crippen LogP contribution in [0, 0.1) is 0 Å². The molecule has 30 heavy (non-hydrogen) atoms. The van der Waals surface area contributed by atoms with E-state index in [0.29, 0.717) is 20.6 Å². The van der Waals surface area contributed by atoms with Gasteiger partial charge in [0.1, 0.15) is 6.04 Å². The Morgan fingerprint density at radius 3 is 2.57 bits per heavy atom. The molecular weight excluding hydrogens is 418 g/mol. The Morgan fingerprint density at radius 1 is 1.23 bits per heavy atom. The summed E-state index contributed by atoms with van der Waals surface area (Å²) >= 11 is 2.83. The number of benzene rings is 1. The third-order valence-corrected chi connectivity index (χ3v) is 6.85. The third kappa shape index (κ3) is 3.53. The van der Waals surface area contributed by atoms with Crippen molar-refractivity contribution in [3.63, 3.8) is 0 Å². The van der Waals surface area contributed by atoms with Gasteiger partial charge in [-0.3, -0.25) is 9.36 Å². The van der Waals surface area contributed by atoms with Crippen molar-refractivity contribution in [2.75, 3.05) is 26.1 Å². The standard InChI is InChI=1S/C22H21N3O3S2/c1-13-18(21(27)28-4)19(16-6-5-11-29-16)25-20(26)17(30-22(25)23-13)12-14-7-9-15(10-8-14)24(2)3/h5-12,19H,1-4H3/b17-12-/t19-/m0/s1. The summed E-state index contributed by atoms with van der Waals surface area (Å²) in [4.78, 5) is 34.0. The molecule has 154 valence electrons. The summed E-state index contributed by atoms with van der Waals surface area (Å²) in [7, 11) is 5.31. The Morgan fingerprint density at radius 2 is 1.97 bits per heavy atom. The van der Waals surface area contributed by atoms with Gasteiger partial charge >= 0.3 is 5.97 Å². The van der Waals surface area contributed by atoms with Gasteiger partial charge in [-0.15, -0.1) is 11.3 Å². The molecule has 1 atom stereocenters. The number of aromatic nitrogens is 1. The van der Waals surface area contributed by atoms with Gasteiger partial charge in [-0.1, -0.05) is 29.5 Å². The minimum absolute atomic E-state index is 0.164. The number of thiazole rings is 1. The van der Waals surface area contributed by atoms with Gasteiger partial charge in [0.2, 0.25) is 0 Å². The van der Waals surface area contributed by atoms with Gasteiger partial charge in [0, 0.05) is 24.7 Å². The van der Waals surface area contributed by atoms with E-state index < -0.39 is 12.0 Å². The van der Waals surface area contributed by atoms with E-state index in [9.17, 15) is 9.59 Å². The maximum absolute atomic E-state index is 13.4. The molecule has 1 aliphatic heterocycles. The lowest BCUT2D eigenvalue weighted by molar-refractivity contribution is -0.136. The van der Waals surface area contributed by atoms with Crippen molar-refractivity contribution in [1.29, 1.82) is 0 Å². The zero-order chi connectivity index (χ0) is 21.4. The predicted molar refractivity (Wildman–Crippen MR) is 121 cm³/mol. The molecule has 0 N–H and O–H groups in total. The minimum Gasteiger partial charge on any atom is -0.466 e. The molecule has 0 unspecified atom stereocenters. The lowest BCUT2D eigenvalue weighted by Crippen LogP contribution is -2.39. The fourth-order valence-electron chi connectivity index (χ4n) is 3.43. The summed E-state index contributed by atoms with van der Waals surface area (Å²) in [6.07, 6.45) is 1.87. The van der Waals surface area contributed by atoms with Gasteiger partial charge in [-0.05, 0) is 42.1 Å². The predicted octanol–water partition coefficient (Wildman–Crippen LogP) is 2.54. The van der Waals surface area contributed by atoms with Crippen molar-refractivity contribution in [1.82, 2.24) is 4.57 Å². The van der Waals surface area contributed by atoms with Crippen LogP contribution in [0.4, 0.5) is 5.69 Å². The van der Waals surface area contributed by atoms with Crippen molar-refractivity contribution < 1.29 is 9.53 Å². The number of carbonyl (C=O) groups is 1. The maximum Gasteiger partial charge on any atom is 0.338 e. The van der Waals surface area contributed by atoms with Crippen LogP contribution in [0.3, 0.4) is 0 Å². The van der Waals surface area contributed by atoms with E-state index in [-0.39, 0.29) is 5.56 Å². The van der Waals surface area contributed by atoms with Crippen LogP contribution >= 0.6 is 22.7 Å². The maximum atomic E-state index is 13.4. The Balaban J connectivity index is 1.89. The van der Waals surface area contributed by atoms with Crippen molar-refractivity contribution in [2.45, 2.75) is 13.0 Å². The topological polar surface area (TPSA) is 63.9 Å². The molecule has 0 saturated heterocycles. The summed E-state index contributed by atoms with van der Waals surface area (Å²) < 4.78 is 7.18. The first kappa shape index (κ1) is 20.3. The average molecular weight is 440 g/mol. The van der Waals surface area contributed by atoms with E-state index in [1.165, 1.54) is 29.8 Å². The first-order chi connectivity index (χ1) is 14.4. The smallest absolute Gasteiger partial charge is 0.338 e. The monoisotopic (exact) mass is 439 g/mol. The van der Waals surface area contributed by atoms with E-state index in [0.717, 1.165) is 16.1 Å². The van der Waals surface area contributed by atoms with Crippen LogP contribution in [0.1, 0.15) is 23.4 Å². The van der Waals surface area contributed by atoms with E-state index in [2.05, 4.69) is 4.99 Å². The number of thiophene rings is 1. The molecule has 0 saturated carbocycles. The molecule has 3 heterocycles. The number of ether oxygens (including phenoxy) is 1. The van der Waals surface area contributed by atoms with Crippen LogP contribution in [-0.2, 0) is 9.53 Å². The lowest BCUT2D eigenvalue weighted by atomic mass is 10.0. The Labute approximate surface area is 181 Å². The molecule has 3 aromatic rings. The molecule has 4 rings (SSSR count). The van der Waals surface area contributed by atoms with Crippen LogP contribution in [0.25, 0.3) is 6.08 Å². The number of anilines is 1. The minimum atomic E-state index is -0.535. The van der Waals surface area contributed by atoms with Crippen molar-refractivity contribution in [2.24, 2.45) is 4.99 Å². The van der Waals surface area contributed by atoms with E-state index in [1.54, 1.807) is 11.5 Å². The lowest BCUT2D eigenvalue weighted by Gasteiger charge is -2.22. The number of hydrogen-bond acceptors (Lipinski definition) is 7. The summed E-state index contributed by atoms with van der Waals surface area (Å²) in [6.45, 7) is 1.78. The van der Waals surface area contributed by atoms with Crippen LogP contribution in [0.2, 0.25) is 0 Å². The number of nitrogens with zero attached hydrogens (tertiary/aromatic N) is 3. The molecule has 1 aliphatic rings. The molecule has 0 amide bonds. The van der Waals surface area contributed by atoms with Gasteiger partial charge < -0.3 is 9.64 Å². The number of methoxy groups -OCH3 is 1. The highest BCUT2D eigenvalue weighted by molar-refractivity contribution is 7.10. The van der Waals surface area contributed by atoms with E-state index in [4.69, 9.17) is 4.74 Å². The van der Waals surface area contributed by atoms with E-state index >= 15 is 0 Å². The van der Waals surface area contributed by atoms with Gasteiger partial charge in [-0.25, -0.2) is 9.79 Å². The summed E-state index contributed by atoms with van der Waals surface area (Å²) in [5, 5.41) is 1.93. The largest absolute Gasteiger partial charge is 0.466 e.